The van der Waals surface area contributed by atoms with E-state index in [1.807, 2.05) is 6.92 Å². The summed E-state index contributed by atoms with van der Waals surface area (Å²) < 4.78 is 0. The Balaban J connectivity index is 2.37. The summed E-state index contributed by atoms with van der Waals surface area (Å²) in [6, 6.07) is 3.78. The zero-order valence-corrected chi connectivity index (χ0v) is 13.4. The number of carboxylic acids is 1. The lowest BCUT2D eigenvalue weighted by molar-refractivity contribution is -0.137. The van der Waals surface area contributed by atoms with Gasteiger partial charge in [0, 0.05) is 6.42 Å². The standard InChI is InChI=1S/C17H20N2O5/c1-2-3-5-10-6-4-7-11-14(10)17(24)19(16(11)23)12(15(18)22)8-9-13(20)21/h4,6-7,12H,2-3,5,8-9H2,1H3,(H2,18,22)(H,20,21). The molecule has 0 bridgehead atoms. The Morgan fingerprint density at radius 1 is 1.25 bits per heavy atom. The van der Waals surface area contributed by atoms with E-state index in [-0.39, 0.29) is 18.4 Å². The van der Waals surface area contributed by atoms with Gasteiger partial charge in [-0.2, -0.15) is 0 Å². The number of carbonyl (C=O) groups excluding carboxylic acids is 3. The smallest absolute Gasteiger partial charge is 0.303 e. The van der Waals surface area contributed by atoms with E-state index < -0.39 is 29.7 Å². The highest BCUT2D eigenvalue weighted by Gasteiger charge is 2.43. The van der Waals surface area contributed by atoms with Crippen LogP contribution in [0.5, 0.6) is 0 Å². The molecule has 0 fully saturated rings. The van der Waals surface area contributed by atoms with Gasteiger partial charge in [0.05, 0.1) is 11.1 Å². The summed E-state index contributed by atoms with van der Waals surface area (Å²) in [7, 11) is 0. The second kappa shape index (κ2) is 7.25. The number of benzene rings is 1. The van der Waals surface area contributed by atoms with Crippen LogP contribution in [0.15, 0.2) is 18.2 Å². The summed E-state index contributed by atoms with van der Waals surface area (Å²) in [6.45, 7) is 2.03. The number of fused-ring (bicyclic) bond motifs is 1. The summed E-state index contributed by atoms with van der Waals surface area (Å²) in [5.74, 6) is -3.18. The average molecular weight is 332 g/mol. The van der Waals surface area contributed by atoms with Crippen LogP contribution < -0.4 is 5.73 Å². The first-order chi connectivity index (χ1) is 11.4. The Hall–Kier alpha value is -2.70. The molecule has 3 amide bonds. The van der Waals surface area contributed by atoms with E-state index in [4.69, 9.17) is 10.8 Å². The SMILES string of the molecule is CCCCc1cccc2c1C(=O)N(C(CCC(=O)O)C(N)=O)C2=O. The van der Waals surface area contributed by atoms with Gasteiger partial charge in [0.25, 0.3) is 11.8 Å². The van der Waals surface area contributed by atoms with E-state index in [1.54, 1.807) is 18.2 Å². The Morgan fingerprint density at radius 3 is 2.54 bits per heavy atom. The molecule has 7 heteroatoms. The molecule has 2 rings (SSSR count). The molecule has 0 saturated carbocycles. The van der Waals surface area contributed by atoms with E-state index in [1.165, 1.54) is 0 Å². The quantitative estimate of drug-likeness (QED) is 0.697. The van der Waals surface area contributed by atoms with Crippen LogP contribution in [0.3, 0.4) is 0 Å². The van der Waals surface area contributed by atoms with Crippen LogP contribution >= 0.6 is 0 Å². The molecule has 1 aliphatic rings. The Labute approximate surface area is 139 Å². The van der Waals surface area contributed by atoms with Gasteiger partial charge in [-0.15, -0.1) is 0 Å². The number of imide groups is 1. The molecule has 128 valence electrons. The number of rotatable bonds is 8. The van der Waals surface area contributed by atoms with E-state index in [9.17, 15) is 19.2 Å². The molecule has 1 aromatic carbocycles. The van der Waals surface area contributed by atoms with Crippen LogP contribution in [0.1, 0.15) is 58.9 Å². The van der Waals surface area contributed by atoms with E-state index in [0.29, 0.717) is 12.0 Å². The predicted molar refractivity (Wildman–Crippen MR) is 85.4 cm³/mol. The summed E-state index contributed by atoms with van der Waals surface area (Å²) in [4.78, 5) is 48.6. The molecule has 1 aliphatic heterocycles. The number of nitrogens with two attached hydrogens (primary N) is 1. The number of hydrogen-bond donors (Lipinski definition) is 2. The molecule has 0 spiro atoms. The zero-order valence-electron chi connectivity index (χ0n) is 13.4. The van der Waals surface area contributed by atoms with Gasteiger partial charge in [-0.3, -0.25) is 24.1 Å². The average Bonchev–Trinajstić information content (AvgIpc) is 2.78. The van der Waals surface area contributed by atoms with Gasteiger partial charge in [-0.25, -0.2) is 0 Å². The summed E-state index contributed by atoms with van der Waals surface area (Å²) in [5.41, 5.74) is 6.61. The summed E-state index contributed by atoms with van der Waals surface area (Å²) >= 11 is 0. The number of carbonyl (C=O) groups is 4. The number of primary amides is 1. The second-order valence-electron chi connectivity index (χ2n) is 5.77. The minimum atomic E-state index is -1.26. The molecule has 1 aromatic rings. The number of hydrogen-bond acceptors (Lipinski definition) is 4. The van der Waals surface area contributed by atoms with Crippen molar-refractivity contribution in [1.29, 1.82) is 0 Å². The maximum absolute atomic E-state index is 12.7. The van der Waals surface area contributed by atoms with Crippen LogP contribution in [0.4, 0.5) is 0 Å². The van der Waals surface area contributed by atoms with Crippen molar-refractivity contribution in [2.75, 3.05) is 0 Å². The first-order valence-electron chi connectivity index (χ1n) is 7.89. The fraction of sp³-hybridized carbons (Fsp3) is 0.412. The lowest BCUT2D eigenvalue weighted by atomic mass is 9.98. The topological polar surface area (TPSA) is 118 Å². The molecular weight excluding hydrogens is 312 g/mol. The third kappa shape index (κ3) is 3.29. The fourth-order valence-corrected chi connectivity index (χ4v) is 2.89. The van der Waals surface area contributed by atoms with Gasteiger partial charge in [0.2, 0.25) is 5.91 Å². The number of unbranched alkanes of at least 4 members (excludes halogenated alkanes) is 1. The zero-order chi connectivity index (χ0) is 17.9. The summed E-state index contributed by atoms with van der Waals surface area (Å²) in [6.07, 6.45) is 1.92. The number of carboxylic acid groups (broad SMARTS) is 1. The van der Waals surface area contributed by atoms with E-state index in [0.717, 1.165) is 23.3 Å². The van der Waals surface area contributed by atoms with Crippen LogP contribution in [0, 0.1) is 0 Å². The van der Waals surface area contributed by atoms with Crippen LogP contribution in [0.2, 0.25) is 0 Å². The summed E-state index contributed by atoms with van der Waals surface area (Å²) in [5, 5.41) is 8.79. The third-order valence-corrected chi connectivity index (χ3v) is 4.10. The van der Waals surface area contributed by atoms with E-state index >= 15 is 0 Å². The monoisotopic (exact) mass is 332 g/mol. The van der Waals surface area contributed by atoms with Gasteiger partial charge in [0.1, 0.15) is 6.04 Å². The van der Waals surface area contributed by atoms with Crippen molar-refractivity contribution >= 4 is 23.7 Å². The molecule has 0 aromatic heterocycles. The highest BCUT2D eigenvalue weighted by atomic mass is 16.4. The normalized spacial score (nSPS) is 14.6. The maximum atomic E-state index is 12.7. The van der Waals surface area contributed by atoms with Crippen molar-refractivity contribution in [2.45, 2.75) is 45.1 Å². The van der Waals surface area contributed by atoms with Crippen LogP contribution in [-0.4, -0.2) is 39.7 Å². The molecule has 1 unspecified atom stereocenters. The largest absolute Gasteiger partial charge is 0.481 e. The Kier molecular flexibility index (Phi) is 5.33. The van der Waals surface area contributed by atoms with Crippen molar-refractivity contribution in [3.05, 3.63) is 34.9 Å². The Bertz CT molecular complexity index is 698. The molecule has 24 heavy (non-hydrogen) atoms. The second-order valence-corrected chi connectivity index (χ2v) is 5.77. The first kappa shape index (κ1) is 17.7. The van der Waals surface area contributed by atoms with Crippen molar-refractivity contribution < 1.29 is 24.3 Å². The number of aryl methyl sites for hydroxylation is 1. The van der Waals surface area contributed by atoms with Gasteiger partial charge < -0.3 is 10.8 Å². The van der Waals surface area contributed by atoms with Crippen LogP contribution in [0.25, 0.3) is 0 Å². The van der Waals surface area contributed by atoms with Crippen molar-refractivity contribution in [2.24, 2.45) is 5.73 Å². The number of aliphatic carboxylic acids is 1. The number of amides is 3. The Morgan fingerprint density at radius 2 is 1.96 bits per heavy atom. The number of nitrogens with zero attached hydrogens (tertiary/aromatic N) is 1. The van der Waals surface area contributed by atoms with Gasteiger partial charge in [-0.05, 0) is 30.9 Å². The molecular formula is C17H20N2O5. The predicted octanol–water partition coefficient (Wildman–Crippen LogP) is 1.34. The highest BCUT2D eigenvalue weighted by Crippen LogP contribution is 2.29. The van der Waals surface area contributed by atoms with Gasteiger partial charge >= 0.3 is 5.97 Å². The van der Waals surface area contributed by atoms with Crippen molar-refractivity contribution in [1.82, 2.24) is 4.90 Å². The molecule has 7 nitrogen and oxygen atoms in total. The van der Waals surface area contributed by atoms with E-state index in [2.05, 4.69) is 0 Å². The minimum absolute atomic E-state index is 0.194. The molecule has 1 atom stereocenters. The molecule has 0 aliphatic carbocycles. The molecule has 3 N–H and O–H groups in total. The first-order valence-corrected chi connectivity index (χ1v) is 7.89. The molecule has 0 saturated heterocycles. The van der Waals surface area contributed by atoms with Gasteiger partial charge in [-0.1, -0.05) is 25.5 Å². The van der Waals surface area contributed by atoms with Crippen molar-refractivity contribution in [3.8, 4) is 0 Å². The highest BCUT2D eigenvalue weighted by molar-refractivity contribution is 6.23. The fourth-order valence-electron chi connectivity index (χ4n) is 2.89. The molecule has 0 radical (unpaired) electrons. The molecule has 1 heterocycles. The maximum Gasteiger partial charge on any atom is 0.303 e. The van der Waals surface area contributed by atoms with Crippen molar-refractivity contribution in [3.63, 3.8) is 0 Å². The van der Waals surface area contributed by atoms with Crippen LogP contribution in [-0.2, 0) is 16.0 Å². The minimum Gasteiger partial charge on any atom is -0.481 e. The lowest BCUT2D eigenvalue weighted by Crippen LogP contribution is -2.48. The third-order valence-electron chi connectivity index (χ3n) is 4.10. The van der Waals surface area contributed by atoms with Gasteiger partial charge in [0.15, 0.2) is 0 Å². The lowest BCUT2D eigenvalue weighted by Gasteiger charge is -2.22.